The average Bonchev–Trinajstić information content (AvgIpc) is 3.39. The van der Waals surface area contributed by atoms with Gasteiger partial charge in [0.05, 0.1) is 16.5 Å². The van der Waals surface area contributed by atoms with Gasteiger partial charge in [-0.2, -0.15) is 0 Å². The van der Waals surface area contributed by atoms with Crippen LogP contribution in [0.2, 0.25) is 10.0 Å². The van der Waals surface area contributed by atoms with Gasteiger partial charge in [0.25, 0.3) is 0 Å². The number of amides is 1. The number of aromatic nitrogens is 4. The minimum atomic E-state index is -0.314. The van der Waals surface area contributed by atoms with Gasteiger partial charge in [-0.3, -0.25) is 4.79 Å². The predicted molar refractivity (Wildman–Crippen MR) is 128 cm³/mol. The normalized spacial score (nSPS) is 11.0. The Bertz CT molecular complexity index is 1260. The molecule has 0 saturated carbocycles. The number of hydrogen-bond donors (Lipinski definition) is 1. The van der Waals surface area contributed by atoms with Crippen LogP contribution in [0.4, 0.5) is 9.52 Å². The zero-order chi connectivity index (χ0) is 22.7. The van der Waals surface area contributed by atoms with Crippen LogP contribution in [0.5, 0.6) is 0 Å². The van der Waals surface area contributed by atoms with Gasteiger partial charge in [-0.25, -0.2) is 9.37 Å². The number of benzene rings is 2. The molecule has 0 unspecified atom stereocenters. The molecule has 1 amide bonds. The van der Waals surface area contributed by atoms with Gasteiger partial charge in [0.1, 0.15) is 5.82 Å². The molecule has 2 aromatic heterocycles. The van der Waals surface area contributed by atoms with Crippen molar-refractivity contribution in [3.05, 3.63) is 63.7 Å². The Morgan fingerprint density at radius 1 is 1.19 bits per heavy atom. The molecule has 164 valence electrons. The molecule has 11 heteroatoms. The molecule has 0 fully saturated rings. The molecule has 0 atom stereocenters. The third-order valence-corrected chi connectivity index (χ3v) is 6.70. The number of halogens is 3. The zero-order valence-electron chi connectivity index (χ0n) is 16.7. The van der Waals surface area contributed by atoms with Gasteiger partial charge in [-0.15, -0.1) is 21.5 Å². The summed E-state index contributed by atoms with van der Waals surface area (Å²) in [5.41, 5.74) is 2.16. The number of thiazole rings is 1. The number of thioether (sulfide) groups is 1. The Morgan fingerprint density at radius 2 is 1.97 bits per heavy atom. The van der Waals surface area contributed by atoms with Crippen LogP contribution in [0.25, 0.3) is 22.6 Å². The maximum Gasteiger partial charge on any atom is 0.236 e. The Morgan fingerprint density at radius 3 is 2.69 bits per heavy atom. The maximum atomic E-state index is 13.2. The first-order valence-corrected chi connectivity index (χ1v) is 12.1. The van der Waals surface area contributed by atoms with E-state index in [0.29, 0.717) is 38.4 Å². The zero-order valence-corrected chi connectivity index (χ0v) is 19.8. The summed E-state index contributed by atoms with van der Waals surface area (Å²) < 4.78 is 15.1. The van der Waals surface area contributed by atoms with Crippen LogP contribution in [0.15, 0.2) is 53.0 Å². The van der Waals surface area contributed by atoms with Gasteiger partial charge in [-0.05, 0) is 49.4 Å². The second-order valence-electron chi connectivity index (χ2n) is 6.56. The van der Waals surface area contributed by atoms with Crippen LogP contribution >= 0.6 is 46.3 Å². The number of carbonyl (C=O) groups is 1. The van der Waals surface area contributed by atoms with Crippen molar-refractivity contribution in [1.29, 1.82) is 0 Å². The van der Waals surface area contributed by atoms with Gasteiger partial charge in [0.2, 0.25) is 5.91 Å². The minimum Gasteiger partial charge on any atom is -0.302 e. The van der Waals surface area contributed by atoms with Gasteiger partial charge in [0, 0.05) is 28.1 Å². The first-order valence-electron chi connectivity index (χ1n) is 9.47. The molecule has 0 aliphatic heterocycles. The number of nitrogens with zero attached hydrogens (tertiary/aromatic N) is 4. The molecule has 1 N–H and O–H groups in total. The third kappa shape index (κ3) is 5.12. The van der Waals surface area contributed by atoms with Crippen LogP contribution in [0.3, 0.4) is 0 Å². The molecular weight excluding hydrogens is 492 g/mol. The molecule has 6 nitrogen and oxygen atoms in total. The number of hydrogen-bond acceptors (Lipinski definition) is 6. The highest BCUT2D eigenvalue weighted by Crippen LogP contribution is 2.32. The SMILES string of the molecule is CCn1c(SCC(=O)Nc2nc(-c3ccc(Cl)cc3Cl)cs2)nnc1-c1ccc(F)cc1. The third-order valence-electron chi connectivity index (χ3n) is 4.43. The highest BCUT2D eigenvalue weighted by Gasteiger charge is 2.16. The molecule has 4 aromatic rings. The number of rotatable bonds is 7. The fourth-order valence-corrected chi connectivity index (χ4v) is 4.96. The summed E-state index contributed by atoms with van der Waals surface area (Å²) in [4.78, 5) is 16.9. The van der Waals surface area contributed by atoms with E-state index in [9.17, 15) is 9.18 Å². The summed E-state index contributed by atoms with van der Waals surface area (Å²) in [6.45, 7) is 2.57. The molecule has 32 heavy (non-hydrogen) atoms. The fraction of sp³-hybridized carbons (Fsp3) is 0.143. The summed E-state index contributed by atoms with van der Waals surface area (Å²) in [5, 5.41) is 15.1. The van der Waals surface area contributed by atoms with Crippen molar-refractivity contribution in [2.75, 3.05) is 11.1 Å². The highest BCUT2D eigenvalue weighted by molar-refractivity contribution is 7.99. The molecule has 0 bridgehead atoms. The van der Waals surface area contributed by atoms with E-state index in [1.54, 1.807) is 30.3 Å². The van der Waals surface area contributed by atoms with E-state index in [-0.39, 0.29) is 17.5 Å². The lowest BCUT2D eigenvalue weighted by Crippen LogP contribution is -2.14. The van der Waals surface area contributed by atoms with Crippen molar-refractivity contribution in [3.8, 4) is 22.6 Å². The molecule has 0 aliphatic carbocycles. The van der Waals surface area contributed by atoms with Crippen molar-refractivity contribution >= 4 is 57.3 Å². The topological polar surface area (TPSA) is 72.7 Å². The maximum absolute atomic E-state index is 13.2. The van der Waals surface area contributed by atoms with Crippen LogP contribution in [0.1, 0.15) is 6.92 Å². The molecular formula is C21H16Cl2FN5OS2. The van der Waals surface area contributed by atoms with E-state index in [2.05, 4.69) is 20.5 Å². The molecule has 0 saturated heterocycles. The number of anilines is 1. The largest absolute Gasteiger partial charge is 0.302 e. The van der Waals surface area contributed by atoms with Gasteiger partial charge < -0.3 is 9.88 Å². The Kier molecular flexibility index (Phi) is 7.10. The first kappa shape index (κ1) is 22.7. The van der Waals surface area contributed by atoms with E-state index < -0.39 is 0 Å². The van der Waals surface area contributed by atoms with Crippen LogP contribution < -0.4 is 5.32 Å². The quantitative estimate of drug-likeness (QED) is 0.298. The lowest BCUT2D eigenvalue weighted by Gasteiger charge is -2.07. The standard InChI is InChI=1S/C21H16Cl2FN5OS2/c1-2-29-19(12-3-6-14(24)7-4-12)27-28-21(29)32-11-18(30)26-20-25-17(10-31-20)15-8-5-13(22)9-16(15)23/h3-10H,2,11H2,1H3,(H,25,26,30). The first-order chi connectivity index (χ1) is 15.4. The van der Waals surface area contributed by atoms with Crippen LogP contribution in [0, 0.1) is 5.82 Å². The lowest BCUT2D eigenvalue weighted by atomic mass is 10.2. The van der Waals surface area contributed by atoms with Crippen molar-refractivity contribution in [3.63, 3.8) is 0 Å². The summed E-state index contributed by atoms with van der Waals surface area (Å²) in [6.07, 6.45) is 0. The Labute approximate surface area is 201 Å². The molecule has 0 aliphatic rings. The lowest BCUT2D eigenvalue weighted by molar-refractivity contribution is -0.113. The van der Waals surface area contributed by atoms with Crippen molar-refractivity contribution in [2.24, 2.45) is 0 Å². The smallest absolute Gasteiger partial charge is 0.236 e. The second-order valence-corrected chi connectivity index (χ2v) is 9.20. The molecule has 0 spiro atoms. The number of carbonyl (C=O) groups excluding carboxylic acids is 1. The monoisotopic (exact) mass is 507 g/mol. The summed E-state index contributed by atoms with van der Waals surface area (Å²) in [6, 6.07) is 11.2. The van der Waals surface area contributed by atoms with Crippen molar-refractivity contribution in [2.45, 2.75) is 18.6 Å². The summed E-state index contributed by atoms with van der Waals surface area (Å²) >= 11 is 14.8. The van der Waals surface area contributed by atoms with Gasteiger partial charge in [0.15, 0.2) is 16.1 Å². The highest BCUT2D eigenvalue weighted by atomic mass is 35.5. The van der Waals surface area contributed by atoms with Crippen molar-refractivity contribution < 1.29 is 9.18 Å². The van der Waals surface area contributed by atoms with Crippen LogP contribution in [-0.2, 0) is 11.3 Å². The molecule has 0 radical (unpaired) electrons. The number of nitrogens with one attached hydrogen (secondary N) is 1. The van der Waals surface area contributed by atoms with E-state index in [0.717, 1.165) is 11.1 Å². The predicted octanol–water partition coefficient (Wildman–Crippen LogP) is 6.27. The van der Waals surface area contributed by atoms with Gasteiger partial charge >= 0.3 is 0 Å². The Hall–Kier alpha value is -2.46. The molecule has 2 aromatic carbocycles. The summed E-state index contributed by atoms with van der Waals surface area (Å²) in [5.74, 6) is 0.233. The molecule has 2 heterocycles. The van der Waals surface area contributed by atoms with E-state index in [1.807, 2.05) is 16.9 Å². The average molecular weight is 508 g/mol. The second kappa shape index (κ2) is 9.99. The minimum absolute atomic E-state index is 0.137. The van der Waals surface area contributed by atoms with E-state index >= 15 is 0 Å². The molecule has 4 rings (SSSR count). The Balaban J connectivity index is 1.40. The van der Waals surface area contributed by atoms with E-state index in [4.69, 9.17) is 23.2 Å². The van der Waals surface area contributed by atoms with Gasteiger partial charge in [-0.1, -0.05) is 35.0 Å². The van der Waals surface area contributed by atoms with E-state index in [1.165, 1.54) is 35.2 Å². The van der Waals surface area contributed by atoms with Crippen LogP contribution in [-0.4, -0.2) is 31.4 Å². The van der Waals surface area contributed by atoms with Crippen molar-refractivity contribution in [1.82, 2.24) is 19.7 Å². The fourth-order valence-electron chi connectivity index (χ4n) is 2.93. The summed E-state index contributed by atoms with van der Waals surface area (Å²) in [7, 11) is 0.